The summed E-state index contributed by atoms with van der Waals surface area (Å²) in [6.07, 6.45) is 2.39. The number of hydrogen-bond donors (Lipinski definition) is 0. The van der Waals surface area contributed by atoms with Crippen LogP contribution in [0.3, 0.4) is 0 Å². The van der Waals surface area contributed by atoms with Crippen molar-refractivity contribution in [2.75, 3.05) is 26.3 Å². The fourth-order valence-electron chi connectivity index (χ4n) is 3.66. The molecule has 22 heavy (non-hydrogen) atoms. The minimum Gasteiger partial charge on any atom is -0.347 e. The lowest BCUT2D eigenvalue weighted by molar-refractivity contribution is -0.192. The average molecular weight is 318 g/mol. The van der Waals surface area contributed by atoms with Gasteiger partial charge in [0.1, 0.15) is 0 Å². The van der Waals surface area contributed by atoms with Crippen molar-refractivity contribution in [3.05, 3.63) is 30.0 Å². The molecule has 1 aromatic heterocycles. The van der Waals surface area contributed by atoms with Crippen LogP contribution in [0.2, 0.25) is 0 Å². The normalized spacial score (nSPS) is 25.8. The quantitative estimate of drug-likeness (QED) is 0.870. The summed E-state index contributed by atoms with van der Waals surface area (Å²) in [7, 11) is 0. The predicted molar refractivity (Wildman–Crippen MR) is 87.9 cm³/mol. The van der Waals surface area contributed by atoms with E-state index in [0.717, 1.165) is 32.8 Å². The van der Waals surface area contributed by atoms with Crippen LogP contribution >= 0.6 is 11.5 Å². The summed E-state index contributed by atoms with van der Waals surface area (Å²) in [5.74, 6) is 0.0664. The van der Waals surface area contributed by atoms with Crippen molar-refractivity contribution in [3.8, 4) is 0 Å². The number of nitrogens with zero attached hydrogens (tertiary/aromatic N) is 2. The SMILES string of the molecule is CC1([C@@H]2CCCN(Cc3nsc4ccccc34)C2)OCCO1. The van der Waals surface area contributed by atoms with Gasteiger partial charge in [-0.1, -0.05) is 18.2 Å². The zero-order chi connectivity index (χ0) is 15.0. The molecule has 2 aliphatic heterocycles. The minimum absolute atomic E-state index is 0.386. The molecule has 0 N–H and O–H groups in total. The first kappa shape index (κ1) is 14.6. The highest BCUT2D eigenvalue weighted by molar-refractivity contribution is 7.13. The van der Waals surface area contributed by atoms with E-state index in [4.69, 9.17) is 9.47 Å². The molecule has 1 atom stereocenters. The average Bonchev–Trinajstić information content (AvgIpc) is 3.16. The second kappa shape index (κ2) is 5.89. The number of ether oxygens (including phenoxy) is 2. The summed E-state index contributed by atoms with van der Waals surface area (Å²) < 4.78 is 17.7. The van der Waals surface area contributed by atoms with E-state index >= 15 is 0 Å². The van der Waals surface area contributed by atoms with E-state index in [-0.39, 0.29) is 5.79 Å². The van der Waals surface area contributed by atoms with E-state index in [1.807, 2.05) is 0 Å². The summed E-state index contributed by atoms with van der Waals surface area (Å²) >= 11 is 1.60. The number of rotatable bonds is 3. The van der Waals surface area contributed by atoms with Gasteiger partial charge in [0.15, 0.2) is 5.79 Å². The third-order valence-corrected chi connectivity index (χ3v) is 5.80. The summed E-state index contributed by atoms with van der Waals surface area (Å²) in [4.78, 5) is 2.51. The molecule has 0 radical (unpaired) electrons. The van der Waals surface area contributed by atoms with Crippen molar-refractivity contribution in [1.29, 1.82) is 0 Å². The number of fused-ring (bicyclic) bond motifs is 1. The highest BCUT2D eigenvalue weighted by Gasteiger charge is 2.41. The molecular weight excluding hydrogens is 296 g/mol. The Morgan fingerprint density at radius 3 is 3.00 bits per heavy atom. The topological polar surface area (TPSA) is 34.6 Å². The molecule has 3 heterocycles. The van der Waals surface area contributed by atoms with Crippen LogP contribution in [0.1, 0.15) is 25.5 Å². The van der Waals surface area contributed by atoms with Crippen molar-refractivity contribution in [2.24, 2.45) is 5.92 Å². The van der Waals surface area contributed by atoms with Gasteiger partial charge in [-0.3, -0.25) is 4.90 Å². The Hall–Kier alpha value is -1.01. The molecule has 118 valence electrons. The van der Waals surface area contributed by atoms with Gasteiger partial charge in [-0.15, -0.1) is 0 Å². The van der Waals surface area contributed by atoms with Crippen molar-refractivity contribution >= 4 is 21.6 Å². The van der Waals surface area contributed by atoms with Crippen LogP contribution in [0, 0.1) is 5.92 Å². The van der Waals surface area contributed by atoms with E-state index in [2.05, 4.69) is 40.5 Å². The van der Waals surface area contributed by atoms with Crippen LogP contribution in [0.15, 0.2) is 24.3 Å². The van der Waals surface area contributed by atoms with E-state index in [0.29, 0.717) is 5.92 Å². The van der Waals surface area contributed by atoms with Crippen molar-refractivity contribution in [2.45, 2.75) is 32.1 Å². The summed E-state index contributed by atoms with van der Waals surface area (Å²) in [5, 5.41) is 1.30. The Morgan fingerprint density at radius 1 is 1.32 bits per heavy atom. The maximum Gasteiger partial charge on any atom is 0.169 e. The van der Waals surface area contributed by atoms with Crippen LogP contribution in [-0.4, -0.2) is 41.4 Å². The standard InChI is InChI=1S/C17H22N2O2S/c1-17(20-9-10-21-17)13-5-4-8-19(11-13)12-15-14-6-2-3-7-16(14)22-18-15/h2-3,6-7,13H,4-5,8-12H2,1H3/t13-/m1/s1. The van der Waals surface area contributed by atoms with Crippen molar-refractivity contribution < 1.29 is 9.47 Å². The second-order valence-corrected chi connectivity index (χ2v) is 7.22. The largest absolute Gasteiger partial charge is 0.347 e. The highest BCUT2D eigenvalue weighted by atomic mass is 32.1. The van der Waals surface area contributed by atoms with Crippen molar-refractivity contribution in [1.82, 2.24) is 9.27 Å². The minimum atomic E-state index is -0.386. The van der Waals surface area contributed by atoms with Crippen molar-refractivity contribution in [3.63, 3.8) is 0 Å². The van der Waals surface area contributed by atoms with Crippen LogP contribution < -0.4 is 0 Å². The fourth-order valence-corrected chi connectivity index (χ4v) is 4.45. The Morgan fingerprint density at radius 2 is 2.14 bits per heavy atom. The molecule has 5 heteroatoms. The number of benzene rings is 1. The van der Waals surface area contributed by atoms with E-state index in [9.17, 15) is 0 Å². The van der Waals surface area contributed by atoms with Gasteiger partial charge in [-0.2, -0.15) is 4.37 Å². The summed E-state index contributed by atoms with van der Waals surface area (Å²) in [5.41, 5.74) is 1.21. The van der Waals surface area contributed by atoms with Gasteiger partial charge in [-0.05, 0) is 43.9 Å². The lowest BCUT2D eigenvalue weighted by Gasteiger charge is -2.39. The number of aromatic nitrogens is 1. The van der Waals surface area contributed by atoms with Gasteiger partial charge < -0.3 is 9.47 Å². The molecule has 0 spiro atoms. The first-order valence-corrected chi connectivity index (χ1v) is 8.85. The van der Waals surface area contributed by atoms with E-state index < -0.39 is 0 Å². The smallest absolute Gasteiger partial charge is 0.169 e. The lowest BCUT2D eigenvalue weighted by Crippen LogP contribution is -2.46. The van der Waals surface area contributed by atoms with Crippen LogP contribution in [0.25, 0.3) is 10.1 Å². The van der Waals surface area contributed by atoms with Gasteiger partial charge >= 0.3 is 0 Å². The Balaban J connectivity index is 1.48. The molecule has 2 saturated heterocycles. The summed E-state index contributed by atoms with van der Waals surface area (Å²) in [6.45, 7) is 6.65. The van der Waals surface area contributed by atoms with Gasteiger partial charge in [0.25, 0.3) is 0 Å². The lowest BCUT2D eigenvalue weighted by atomic mass is 9.90. The first-order valence-electron chi connectivity index (χ1n) is 8.08. The molecular formula is C17H22N2O2S. The Kier molecular flexibility index (Phi) is 3.90. The number of hydrogen-bond acceptors (Lipinski definition) is 5. The van der Waals surface area contributed by atoms with Gasteiger partial charge in [0, 0.05) is 24.4 Å². The molecule has 2 fully saturated rings. The zero-order valence-corrected chi connectivity index (χ0v) is 13.8. The Bertz CT molecular complexity index is 651. The molecule has 0 amide bonds. The molecule has 2 aromatic rings. The van der Waals surface area contributed by atoms with Crippen LogP contribution in [-0.2, 0) is 16.0 Å². The third-order valence-electron chi connectivity index (χ3n) is 4.93. The van der Waals surface area contributed by atoms with Gasteiger partial charge in [-0.25, -0.2) is 0 Å². The highest BCUT2D eigenvalue weighted by Crippen LogP contribution is 2.35. The zero-order valence-electron chi connectivity index (χ0n) is 13.0. The number of likely N-dealkylation sites (tertiary alicyclic amines) is 1. The van der Waals surface area contributed by atoms with Gasteiger partial charge in [0.2, 0.25) is 0 Å². The van der Waals surface area contributed by atoms with Crippen LogP contribution in [0.4, 0.5) is 0 Å². The molecule has 1 aromatic carbocycles. The second-order valence-electron chi connectivity index (χ2n) is 6.41. The maximum atomic E-state index is 5.87. The maximum absolute atomic E-state index is 5.87. The molecule has 2 aliphatic rings. The van der Waals surface area contributed by atoms with Crippen LogP contribution in [0.5, 0.6) is 0 Å². The fraction of sp³-hybridized carbons (Fsp3) is 0.588. The molecule has 0 bridgehead atoms. The van der Waals surface area contributed by atoms with Gasteiger partial charge in [0.05, 0.1) is 23.6 Å². The monoisotopic (exact) mass is 318 g/mol. The predicted octanol–water partition coefficient (Wildman–Crippen LogP) is 3.27. The number of piperidine rings is 1. The third kappa shape index (κ3) is 2.67. The van der Waals surface area contributed by atoms with E-state index in [1.54, 1.807) is 11.5 Å². The van der Waals surface area contributed by atoms with E-state index in [1.165, 1.54) is 28.6 Å². The molecule has 4 rings (SSSR count). The molecule has 0 saturated carbocycles. The molecule has 0 unspecified atom stereocenters. The summed E-state index contributed by atoms with van der Waals surface area (Å²) in [6, 6.07) is 8.51. The molecule has 4 nitrogen and oxygen atoms in total. The molecule has 0 aliphatic carbocycles. The Labute approximate surface area is 135 Å². The first-order chi connectivity index (χ1) is 10.7.